The van der Waals surface area contributed by atoms with E-state index in [2.05, 4.69) is 4.98 Å². The van der Waals surface area contributed by atoms with Crippen molar-refractivity contribution in [1.82, 2.24) is 9.29 Å². The number of halogens is 2. The maximum absolute atomic E-state index is 12.4. The fraction of sp³-hybridized carbons (Fsp3) is 0.545. The summed E-state index contributed by atoms with van der Waals surface area (Å²) in [6.45, 7) is 1.46. The molecule has 1 aromatic rings. The van der Waals surface area contributed by atoms with E-state index in [1.54, 1.807) is 6.07 Å². The lowest BCUT2D eigenvalue weighted by atomic mass is 10.0. The van der Waals surface area contributed by atoms with Crippen molar-refractivity contribution in [1.29, 1.82) is 0 Å². The number of nitrogens with zero attached hydrogens (tertiary/aromatic N) is 2. The monoisotopic (exact) mass is 325 g/mol. The Labute approximate surface area is 124 Å². The van der Waals surface area contributed by atoms with Gasteiger partial charge in [0.05, 0.1) is 5.02 Å². The molecule has 0 saturated carbocycles. The van der Waals surface area contributed by atoms with Crippen molar-refractivity contribution in [3.05, 3.63) is 23.4 Å². The molecule has 1 aliphatic rings. The smallest absolute Gasteiger partial charge is 0.262 e. The van der Waals surface area contributed by atoms with Crippen molar-refractivity contribution in [3.63, 3.8) is 0 Å². The van der Waals surface area contributed by atoms with Crippen LogP contribution in [0.15, 0.2) is 23.4 Å². The molecule has 0 aromatic carbocycles. The Morgan fingerprint density at radius 1 is 1.53 bits per heavy atom. The minimum atomic E-state index is -3.60. The van der Waals surface area contributed by atoms with E-state index in [4.69, 9.17) is 17.3 Å². The van der Waals surface area contributed by atoms with E-state index in [0.717, 1.165) is 12.8 Å². The average Bonchev–Trinajstić information content (AvgIpc) is 2.39. The summed E-state index contributed by atoms with van der Waals surface area (Å²) in [5.74, 6) is 0.219. The lowest BCUT2D eigenvalue weighted by Gasteiger charge is -2.31. The van der Waals surface area contributed by atoms with Crippen LogP contribution in [0.4, 0.5) is 0 Å². The molecule has 1 aromatic heterocycles. The lowest BCUT2D eigenvalue weighted by Crippen LogP contribution is -2.42. The van der Waals surface area contributed by atoms with E-state index in [9.17, 15) is 8.42 Å². The van der Waals surface area contributed by atoms with Crippen LogP contribution in [0.1, 0.15) is 12.8 Å². The van der Waals surface area contributed by atoms with Gasteiger partial charge in [0.1, 0.15) is 0 Å². The fourth-order valence-corrected chi connectivity index (χ4v) is 4.06. The highest BCUT2D eigenvalue weighted by molar-refractivity contribution is 7.89. The standard InChI is InChI=1S/C11H16ClN3O2S.ClH/c12-10-4-1-5-14-11(10)18(16,17)15-6-2-3-9(7-13)8-15;/h1,4-5,9H,2-3,6-8,13H2;1H. The number of sulfonamides is 1. The predicted molar refractivity (Wildman–Crippen MR) is 77.0 cm³/mol. The third-order valence-electron chi connectivity index (χ3n) is 3.12. The van der Waals surface area contributed by atoms with Crippen LogP contribution in [0, 0.1) is 5.92 Å². The number of hydrogen-bond donors (Lipinski definition) is 1. The minimum Gasteiger partial charge on any atom is -0.330 e. The van der Waals surface area contributed by atoms with Crippen LogP contribution in [-0.2, 0) is 10.0 Å². The van der Waals surface area contributed by atoms with Crippen molar-refractivity contribution >= 4 is 34.0 Å². The van der Waals surface area contributed by atoms with Gasteiger partial charge in [-0.25, -0.2) is 13.4 Å². The highest BCUT2D eigenvalue weighted by Crippen LogP contribution is 2.26. The molecule has 0 radical (unpaired) electrons. The SMILES string of the molecule is Cl.NCC1CCCN(S(=O)(=O)c2ncccc2Cl)C1. The second-order valence-corrected chi connectivity index (χ2v) is 6.66. The summed E-state index contributed by atoms with van der Waals surface area (Å²) >= 11 is 5.91. The molecular formula is C11H17Cl2N3O2S. The summed E-state index contributed by atoms with van der Waals surface area (Å²) in [7, 11) is -3.60. The highest BCUT2D eigenvalue weighted by atomic mass is 35.5. The molecule has 1 saturated heterocycles. The van der Waals surface area contributed by atoms with E-state index in [0.29, 0.717) is 19.6 Å². The Morgan fingerprint density at radius 3 is 2.89 bits per heavy atom. The number of aromatic nitrogens is 1. The van der Waals surface area contributed by atoms with Gasteiger partial charge in [0.2, 0.25) is 0 Å². The van der Waals surface area contributed by atoms with Gasteiger partial charge in [0, 0.05) is 19.3 Å². The van der Waals surface area contributed by atoms with Crippen molar-refractivity contribution in [2.75, 3.05) is 19.6 Å². The zero-order chi connectivity index (χ0) is 13.2. The Balaban J connectivity index is 0.00000180. The molecule has 0 spiro atoms. The molecule has 19 heavy (non-hydrogen) atoms. The molecule has 2 rings (SSSR count). The minimum absolute atomic E-state index is 0. The summed E-state index contributed by atoms with van der Waals surface area (Å²) in [4.78, 5) is 3.88. The summed E-state index contributed by atoms with van der Waals surface area (Å²) in [5.41, 5.74) is 5.61. The molecule has 1 atom stereocenters. The first-order valence-electron chi connectivity index (χ1n) is 5.86. The third kappa shape index (κ3) is 3.58. The average molecular weight is 326 g/mol. The summed E-state index contributed by atoms with van der Waals surface area (Å²) < 4.78 is 26.2. The van der Waals surface area contributed by atoms with Crippen molar-refractivity contribution in [2.24, 2.45) is 11.7 Å². The van der Waals surface area contributed by atoms with Crippen LogP contribution in [0.2, 0.25) is 5.02 Å². The Kier molecular flexibility index (Phi) is 6.01. The second-order valence-electron chi connectivity index (χ2n) is 4.40. The molecule has 108 valence electrons. The fourth-order valence-electron chi connectivity index (χ4n) is 2.12. The van der Waals surface area contributed by atoms with E-state index >= 15 is 0 Å². The summed E-state index contributed by atoms with van der Waals surface area (Å²) in [6, 6.07) is 3.14. The molecular weight excluding hydrogens is 309 g/mol. The van der Waals surface area contributed by atoms with Gasteiger partial charge >= 0.3 is 0 Å². The van der Waals surface area contributed by atoms with E-state index in [1.165, 1.54) is 16.6 Å². The molecule has 2 N–H and O–H groups in total. The van der Waals surface area contributed by atoms with Crippen molar-refractivity contribution in [3.8, 4) is 0 Å². The van der Waals surface area contributed by atoms with Gasteiger partial charge in [-0.2, -0.15) is 4.31 Å². The lowest BCUT2D eigenvalue weighted by molar-refractivity contribution is 0.271. The Hall–Kier alpha value is -0.400. The van der Waals surface area contributed by atoms with Gasteiger partial charge in [-0.15, -0.1) is 12.4 Å². The summed E-state index contributed by atoms with van der Waals surface area (Å²) in [5, 5.41) is 0.0942. The molecule has 2 heterocycles. The number of pyridine rings is 1. The highest BCUT2D eigenvalue weighted by Gasteiger charge is 2.31. The zero-order valence-corrected chi connectivity index (χ0v) is 12.7. The summed E-state index contributed by atoms with van der Waals surface area (Å²) in [6.07, 6.45) is 3.23. The zero-order valence-electron chi connectivity index (χ0n) is 10.3. The molecule has 1 unspecified atom stereocenters. The number of rotatable bonds is 3. The van der Waals surface area contributed by atoms with E-state index in [-0.39, 0.29) is 28.4 Å². The van der Waals surface area contributed by atoms with Crippen LogP contribution in [0.5, 0.6) is 0 Å². The van der Waals surface area contributed by atoms with Crippen molar-refractivity contribution < 1.29 is 8.42 Å². The molecule has 0 amide bonds. The van der Waals surface area contributed by atoms with Crippen molar-refractivity contribution in [2.45, 2.75) is 17.9 Å². The van der Waals surface area contributed by atoms with Gasteiger partial charge in [-0.05, 0) is 37.4 Å². The number of nitrogens with two attached hydrogens (primary N) is 1. The van der Waals surface area contributed by atoms with Gasteiger partial charge in [-0.1, -0.05) is 11.6 Å². The van der Waals surface area contributed by atoms with Gasteiger partial charge in [0.15, 0.2) is 5.03 Å². The van der Waals surface area contributed by atoms with E-state index < -0.39 is 10.0 Å². The predicted octanol–water partition coefficient (Wildman–Crippen LogP) is 1.52. The Bertz CT molecular complexity index is 524. The molecule has 5 nitrogen and oxygen atoms in total. The first kappa shape index (κ1) is 16.7. The van der Waals surface area contributed by atoms with Gasteiger partial charge in [0.25, 0.3) is 10.0 Å². The van der Waals surface area contributed by atoms with E-state index in [1.807, 2.05) is 0 Å². The molecule has 1 aliphatic heterocycles. The van der Waals surface area contributed by atoms with Crippen LogP contribution < -0.4 is 5.73 Å². The molecule has 0 bridgehead atoms. The third-order valence-corrected chi connectivity index (χ3v) is 5.37. The van der Waals surface area contributed by atoms with Gasteiger partial charge < -0.3 is 5.73 Å². The van der Waals surface area contributed by atoms with Crippen LogP contribution >= 0.6 is 24.0 Å². The normalized spacial score (nSPS) is 20.8. The quantitative estimate of drug-likeness (QED) is 0.914. The van der Waals surface area contributed by atoms with Crippen LogP contribution in [-0.4, -0.2) is 37.3 Å². The first-order chi connectivity index (χ1) is 8.55. The Morgan fingerprint density at radius 2 is 2.26 bits per heavy atom. The van der Waals surface area contributed by atoms with Crippen LogP contribution in [0.3, 0.4) is 0 Å². The topological polar surface area (TPSA) is 76.3 Å². The molecule has 8 heteroatoms. The number of piperidine rings is 1. The van der Waals surface area contributed by atoms with Crippen LogP contribution in [0.25, 0.3) is 0 Å². The maximum atomic E-state index is 12.4. The van der Waals surface area contributed by atoms with Gasteiger partial charge in [-0.3, -0.25) is 0 Å². The second kappa shape index (κ2) is 6.85. The largest absolute Gasteiger partial charge is 0.330 e. The maximum Gasteiger partial charge on any atom is 0.262 e. The molecule has 1 fully saturated rings. The molecule has 0 aliphatic carbocycles. The number of hydrogen-bond acceptors (Lipinski definition) is 4. The first-order valence-corrected chi connectivity index (χ1v) is 7.68.